The monoisotopic (exact) mass is 110 g/mol. The van der Waals surface area contributed by atoms with Crippen molar-refractivity contribution in [3.8, 4) is 0 Å². The van der Waals surface area contributed by atoms with Gasteiger partial charge in [0.25, 0.3) is 0 Å². The standard InChI is InChI=1S/C3H4Cl2/c4-2-1-3(2)5/h2-3H,1H2/t2-,3-/m0/s1. The van der Waals surface area contributed by atoms with Crippen LogP contribution in [0.2, 0.25) is 0 Å². The molecule has 2 heteroatoms. The van der Waals surface area contributed by atoms with Gasteiger partial charge in [-0.2, -0.15) is 0 Å². The van der Waals surface area contributed by atoms with E-state index >= 15 is 0 Å². The van der Waals surface area contributed by atoms with E-state index in [9.17, 15) is 0 Å². The molecule has 0 saturated heterocycles. The zero-order valence-corrected chi connectivity index (χ0v) is 4.13. The molecule has 1 aliphatic rings. The van der Waals surface area contributed by atoms with Crippen molar-refractivity contribution in [1.82, 2.24) is 0 Å². The molecule has 30 valence electrons. The van der Waals surface area contributed by atoms with Crippen LogP contribution in [0.1, 0.15) is 6.42 Å². The van der Waals surface area contributed by atoms with Gasteiger partial charge in [-0.05, 0) is 6.42 Å². The van der Waals surface area contributed by atoms with E-state index in [-0.39, 0.29) is 10.8 Å². The number of alkyl halides is 2. The number of hydrogen-bond acceptors (Lipinski definition) is 0. The Bertz CT molecular complexity index is 38.2. The van der Waals surface area contributed by atoms with Crippen molar-refractivity contribution in [2.75, 3.05) is 0 Å². The second-order valence-electron chi connectivity index (χ2n) is 1.27. The summed E-state index contributed by atoms with van der Waals surface area (Å²) in [5.41, 5.74) is 0. The molecule has 0 amide bonds. The van der Waals surface area contributed by atoms with Crippen LogP contribution in [-0.4, -0.2) is 10.8 Å². The topological polar surface area (TPSA) is 0 Å². The van der Waals surface area contributed by atoms with E-state index in [2.05, 4.69) is 0 Å². The Balaban J connectivity index is 2.20. The lowest BCUT2D eigenvalue weighted by molar-refractivity contribution is 1.50. The van der Waals surface area contributed by atoms with Gasteiger partial charge in [-0.1, -0.05) is 0 Å². The highest BCUT2D eigenvalue weighted by Crippen LogP contribution is 2.33. The van der Waals surface area contributed by atoms with Crippen LogP contribution in [0.25, 0.3) is 0 Å². The highest BCUT2D eigenvalue weighted by atomic mass is 35.5. The first-order valence-corrected chi connectivity index (χ1v) is 2.46. The smallest absolute Gasteiger partial charge is 0.0514 e. The summed E-state index contributed by atoms with van der Waals surface area (Å²) < 4.78 is 0. The van der Waals surface area contributed by atoms with Crippen molar-refractivity contribution in [2.45, 2.75) is 17.2 Å². The second-order valence-corrected chi connectivity index (χ2v) is 2.39. The summed E-state index contributed by atoms with van der Waals surface area (Å²) in [6, 6.07) is 0. The molecule has 0 aromatic rings. The fourth-order valence-electron chi connectivity index (χ4n) is 0.137. The molecule has 0 aromatic heterocycles. The lowest BCUT2D eigenvalue weighted by atomic mass is 11.0. The molecule has 1 aliphatic carbocycles. The van der Waals surface area contributed by atoms with Crippen LogP contribution in [0.4, 0.5) is 0 Å². The van der Waals surface area contributed by atoms with Gasteiger partial charge in [0.15, 0.2) is 0 Å². The van der Waals surface area contributed by atoms with Crippen LogP contribution in [0.5, 0.6) is 0 Å². The molecular formula is C3H4Cl2. The van der Waals surface area contributed by atoms with E-state index in [1.54, 1.807) is 0 Å². The predicted molar refractivity (Wildman–Crippen MR) is 23.9 cm³/mol. The van der Waals surface area contributed by atoms with E-state index in [0.29, 0.717) is 0 Å². The quantitative estimate of drug-likeness (QED) is 0.416. The first-order chi connectivity index (χ1) is 2.30. The van der Waals surface area contributed by atoms with Crippen molar-refractivity contribution in [3.05, 3.63) is 0 Å². The summed E-state index contributed by atoms with van der Waals surface area (Å²) in [5.74, 6) is 0. The van der Waals surface area contributed by atoms with Gasteiger partial charge in [-0.25, -0.2) is 0 Å². The molecule has 0 spiro atoms. The zero-order chi connectivity index (χ0) is 3.86. The Kier molecular flexibility index (Phi) is 0.768. The molecule has 0 N–H and O–H groups in total. The van der Waals surface area contributed by atoms with Gasteiger partial charge in [0.05, 0.1) is 10.8 Å². The molecule has 2 atom stereocenters. The third-order valence-corrected chi connectivity index (χ3v) is 1.73. The number of hydrogen-bond donors (Lipinski definition) is 0. The lowest BCUT2D eigenvalue weighted by Gasteiger charge is -1.62. The van der Waals surface area contributed by atoms with Gasteiger partial charge in [-0.3, -0.25) is 0 Å². The van der Waals surface area contributed by atoms with Gasteiger partial charge < -0.3 is 0 Å². The maximum atomic E-state index is 5.40. The SMILES string of the molecule is Cl[C@H]1C[C@@H]1Cl. The van der Waals surface area contributed by atoms with E-state index in [1.807, 2.05) is 0 Å². The average Bonchev–Trinajstić information content (AvgIpc) is 1.79. The molecule has 0 aromatic carbocycles. The lowest BCUT2D eigenvalue weighted by Crippen LogP contribution is -1.63. The van der Waals surface area contributed by atoms with Crippen LogP contribution in [0, 0.1) is 0 Å². The maximum Gasteiger partial charge on any atom is 0.0514 e. The van der Waals surface area contributed by atoms with Crippen LogP contribution < -0.4 is 0 Å². The van der Waals surface area contributed by atoms with E-state index < -0.39 is 0 Å². The molecule has 5 heavy (non-hydrogen) atoms. The first kappa shape index (κ1) is 3.76. The van der Waals surface area contributed by atoms with Crippen molar-refractivity contribution < 1.29 is 0 Å². The van der Waals surface area contributed by atoms with Crippen molar-refractivity contribution >= 4 is 23.2 Å². The molecule has 0 heterocycles. The Morgan fingerprint density at radius 2 is 1.40 bits per heavy atom. The molecule has 1 rings (SSSR count). The van der Waals surface area contributed by atoms with Gasteiger partial charge in [0.2, 0.25) is 0 Å². The molecule has 0 radical (unpaired) electrons. The highest BCUT2D eigenvalue weighted by Gasteiger charge is 2.32. The van der Waals surface area contributed by atoms with Gasteiger partial charge in [0.1, 0.15) is 0 Å². The number of rotatable bonds is 0. The van der Waals surface area contributed by atoms with Crippen LogP contribution in [0.15, 0.2) is 0 Å². The van der Waals surface area contributed by atoms with Crippen LogP contribution in [0.3, 0.4) is 0 Å². The van der Waals surface area contributed by atoms with Gasteiger partial charge in [0, 0.05) is 0 Å². The minimum Gasteiger partial charge on any atom is -0.121 e. The van der Waals surface area contributed by atoms with E-state index in [1.165, 1.54) is 0 Å². The molecule has 0 unspecified atom stereocenters. The van der Waals surface area contributed by atoms with Crippen LogP contribution >= 0.6 is 23.2 Å². The average molecular weight is 111 g/mol. The predicted octanol–water partition coefficient (Wildman–Crippen LogP) is 1.60. The second kappa shape index (κ2) is 1.02. The highest BCUT2D eigenvalue weighted by molar-refractivity contribution is 6.34. The fraction of sp³-hybridized carbons (Fsp3) is 1.00. The van der Waals surface area contributed by atoms with Crippen molar-refractivity contribution in [2.24, 2.45) is 0 Å². The van der Waals surface area contributed by atoms with E-state index in [4.69, 9.17) is 23.2 Å². The molecule has 0 bridgehead atoms. The third-order valence-electron chi connectivity index (χ3n) is 0.640. The minimum atomic E-state index is 0.289. The number of halogens is 2. The Hall–Kier alpha value is 0.580. The zero-order valence-electron chi connectivity index (χ0n) is 2.62. The van der Waals surface area contributed by atoms with Gasteiger partial charge >= 0.3 is 0 Å². The Labute approximate surface area is 41.1 Å². The molecular weight excluding hydrogens is 107 g/mol. The fourth-order valence-corrected chi connectivity index (χ4v) is 0.612. The normalized spacial score (nSPS) is 49.2. The van der Waals surface area contributed by atoms with E-state index in [0.717, 1.165) is 6.42 Å². The summed E-state index contributed by atoms with van der Waals surface area (Å²) >= 11 is 10.8. The summed E-state index contributed by atoms with van der Waals surface area (Å²) in [4.78, 5) is 0. The van der Waals surface area contributed by atoms with Crippen molar-refractivity contribution in [1.29, 1.82) is 0 Å². The molecule has 1 fully saturated rings. The summed E-state index contributed by atoms with van der Waals surface area (Å²) in [6.45, 7) is 0. The van der Waals surface area contributed by atoms with Crippen molar-refractivity contribution in [3.63, 3.8) is 0 Å². The van der Waals surface area contributed by atoms with Crippen LogP contribution in [-0.2, 0) is 0 Å². The first-order valence-electron chi connectivity index (χ1n) is 1.59. The molecule has 1 saturated carbocycles. The minimum absolute atomic E-state index is 0.289. The summed E-state index contributed by atoms with van der Waals surface area (Å²) in [5, 5.41) is 0.577. The Morgan fingerprint density at radius 1 is 1.20 bits per heavy atom. The summed E-state index contributed by atoms with van der Waals surface area (Å²) in [7, 11) is 0. The maximum absolute atomic E-state index is 5.40. The van der Waals surface area contributed by atoms with Gasteiger partial charge in [-0.15, -0.1) is 23.2 Å². The Morgan fingerprint density at radius 3 is 1.40 bits per heavy atom. The summed E-state index contributed by atoms with van der Waals surface area (Å²) in [6.07, 6.45) is 1.00. The third kappa shape index (κ3) is 0.704. The largest absolute Gasteiger partial charge is 0.121 e. The molecule has 0 aliphatic heterocycles. The molecule has 0 nitrogen and oxygen atoms in total.